The van der Waals surface area contributed by atoms with E-state index in [0.29, 0.717) is 23.2 Å². The lowest BCUT2D eigenvalue weighted by molar-refractivity contribution is 0.283. The lowest BCUT2D eigenvalue weighted by atomic mass is 9.91. The molecule has 1 aromatic carbocycles. The van der Waals surface area contributed by atoms with Crippen LogP contribution in [0.2, 0.25) is 0 Å². The highest BCUT2D eigenvalue weighted by molar-refractivity contribution is 7.89. The van der Waals surface area contributed by atoms with Gasteiger partial charge in [0.2, 0.25) is 10.0 Å². The van der Waals surface area contributed by atoms with E-state index in [1.807, 2.05) is 17.0 Å². The molecule has 0 aromatic heterocycles. The number of hydrogen-bond donors (Lipinski definition) is 2. The van der Waals surface area contributed by atoms with Crippen LogP contribution in [0.1, 0.15) is 32.1 Å². The molecular weight excluding hydrogens is 288 g/mol. The first-order chi connectivity index (χ1) is 10.1. The molecular formula is C15H22N2O3S. The zero-order chi connectivity index (χ0) is 14.9. The van der Waals surface area contributed by atoms with Crippen LogP contribution in [0.15, 0.2) is 29.2 Å². The predicted molar refractivity (Wildman–Crippen MR) is 81.9 cm³/mol. The van der Waals surface area contributed by atoms with E-state index in [2.05, 4.69) is 4.72 Å². The number of benzene rings is 1. The highest BCUT2D eigenvalue weighted by Crippen LogP contribution is 2.34. The van der Waals surface area contributed by atoms with Gasteiger partial charge in [-0.05, 0) is 44.2 Å². The second-order valence-electron chi connectivity index (χ2n) is 5.87. The van der Waals surface area contributed by atoms with Crippen molar-refractivity contribution >= 4 is 15.7 Å². The van der Waals surface area contributed by atoms with Gasteiger partial charge in [-0.1, -0.05) is 12.1 Å². The van der Waals surface area contributed by atoms with Gasteiger partial charge in [-0.25, -0.2) is 13.1 Å². The van der Waals surface area contributed by atoms with E-state index < -0.39 is 10.0 Å². The van der Waals surface area contributed by atoms with Crippen LogP contribution < -0.4 is 9.62 Å². The summed E-state index contributed by atoms with van der Waals surface area (Å²) in [4.78, 5) is 2.38. The van der Waals surface area contributed by atoms with Gasteiger partial charge in [-0.3, -0.25) is 0 Å². The molecule has 2 fully saturated rings. The molecule has 2 N–H and O–H groups in total. The molecule has 1 aromatic rings. The fraction of sp³-hybridized carbons (Fsp3) is 0.600. The predicted octanol–water partition coefficient (Wildman–Crippen LogP) is 1.48. The Balaban J connectivity index is 1.93. The topological polar surface area (TPSA) is 69.6 Å². The largest absolute Gasteiger partial charge is 0.395 e. The van der Waals surface area contributed by atoms with E-state index in [1.54, 1.807) is 12.1 Å². The molecule has 0 radical (unpaired) electrons. The maximum Gasteiger partial charge on any atom is 0.242 e. The number of nitrogens with one attached hydrogen (secondary N) is 1. The Morgan fingerprint density at radius 3 is 2.48 bits per heavy atom. The molecule has 116 valence electrons. The lowest BCUT2D eigenvalue weighted by Gasteiger charge is -2.39. The van der Waals surface area contributed by atoms with Gasteiger partial charge in [-0.2, -0.15) is 0 Å². The number of anilines is 1. The first-order valence-electron chi connectivity index (χ1n) is 7.60. The first-order valence-corrected chi connectivity index (χ1v) is 9.09. The van der Waals surface area contributed by atoms with Crippen LogP contribution in [0.3, 0.4) is 0 Å². The van der Waals surface area contributed by atoms with E-state index in [-0.39, 0.29) is 12.6 Å². The van der Waals surface area contributed by atoms with Crippen molar-refractivity contribution in [3.63, 3.8) is 0 Å². The number of nitrogens with zero attached hydrogens (tertiary/aromatic N) is 1. The average molecular weight is 310 g/mol. The van der Waals surface area contributed by atoms with Gasteiger partial charge in [-0.15, -0.1) is 0 Å². The van der Waals surface area contributed by atoms with E-state index >= 15 is 0 Å². The Labute approximate surface area is 126 Å². The Hall–Kier alpha value is -1.11. The molecule has 2 aliphatic rings. The highest BCUT2D eigenvalue weighted by atomic mass is 32.2. The van der Waals surface area contributed by atoms with E-state index in [9.17, 15) is 13.5 Å². The minimum atomic E-state index is -3.48. The number of sulfonamides is 1. The molecule has 3 rings (SSSR count). The molecule has 5 nitrogen and oxygen atoms in total. The molecule has 2 aliphatic carbocycles. The zero-order valence-corrected chi connectivity index (χ0v) is 12.8. The lowest BCUT2D eigenvalue weighted by Crippen LogP contribution is -2.43. The smallest absolute Gasteiger partial charge is 0.242 e. The molecule has 2 saturated carbocycles. The number of hydrogen-bond acceptors (Lipinski definition) is 4. The molecule has 0 amide bonds. The van der Waals surface area contributed by atoms with Gasteiger partial charge in [0.05, 0.1) is 12.3 Å². The maximum absolute atomic E-state index is 12.5. The SMILES string of the molecule is O=S(=O)(NC1CC1)c1ccccc1N(CCO)C1CCC1. The summed E-state index contributed by atoms with van der Waals surface area (Å²) in [5.41, 5.74) is 0.712. The van der Waals surface area contributed by atoms with Crippen LogP contribution in [0.25, 0.3) is 0 Å². The Morgan fingerprint density at radius 1 is 1.19 bits per heavy atom. The van der Waals surface area contributed by atoms with Gasteiger partial charge in [0, 0.05) is 18.6 Å². The first kappa shape index (κ1) is 14.8. The number of aliphatic hydroxyl groups is 1. The summed E-state index contributed by atoms with van der Waals surface area (Å²) >= 11 is 0. The summed E-state index contributed by atoms with van der Waals surface area (Å²) in [6, 6.07) is 7.54. The van der Waals surface area contributed by atoms with Crippen molar-refractivity contribution in [1.82, 2.24) is 4.72 Å². The molecule has 0 spiro atoms. The number of rotatable bonds is 7. The summed E-state index contributed by atoms with van der Waals surface area (Å²) in [7, 11) is -3.48. The van der Waals surface area contributed by atoms with Crippen molar-refractivity contribution in [2.45, 2.75) is 49.1 Å². The molecule has 0 atom stereocenters. The van der Waals surface area contributed by atoms with Crippen molar-refractivity contribution in [1.29, 1.82) is 0 Å². The second-order valence-corrected chi connectivity index (χ2v) is 7.55. The number of aliphatic hydroxyl groups excluding tert-OH is 1. The van der Waals surface area contributed by atoms with E-state index in [0.717, 1.165) is 25.7 Å². The number of para-hydroxylation sites is 1. The van der Waals surface area contributed by atoms with E-state index in [4.69, 9.17) is 0 Å². The molecule has 0 aliphatic heterocycles. The quantitative estimate of drug-likeness (QED) is 0.800. The zero-order valence-electron chi connectivity index (χ0n) is 12.0. The third-order valence-corrected chi connectivity index (χ3v) is 5.79. The third-order valence-electron chi connectivity index (χ3n) is 4.22. The Kier molecular flexibility index (Phi) is 4.19. The monoisotopic (exact) mass is 310 g/mol. The summed E-state index contributed by atoms with van der Waals surface area (Å²) in [6.07, 6.45) is 5.13. The van der Waals surface area contributed by atoms with Crippen LogP contribution in [0, 0.1) is 0 Å². The van der Waals surface area contributed by atoms with Crippen molar-refractivity contribution in [3.8, 4) is 0 Å². The molecule has 0 bridgehead atoms. The maximum atomic E-state index is 12.5. The Morgan fingerprint density at radius 2 is 1.90 bits per heavy atom. The standard InChI is InChI=1S/C15H22N2O3S/c18-11-10-17(13-4-3-5-13)14-6-1-2-7-15(14)21(19,20)16-12-8-9-12/h1-2,6-7,12-13,16,18H,3-5,8-11H2. The van der Waals surface area contributed by atoms with Crippen LogP contribution in [-0.2, 0) is 10.0 Å². The van der Waals surface area contributed by atoms with Gasteiger partial charge in [0.1, 0.15) is 4.90 Å². The summed E-state index contributed by atoms with van der Waals surface area (Å²) < 4.78 is 27.8. The van der Waals surface area contributed by atoms with Crippen molar-refractivity contribution < 1.29 is 13.5 Å². The summed E-state index contributed by atoms with van der Waals surface area (Å²) in [5.74, 6) is 0. The molecule has 0 heterocycles. The molecule has 21 heavy (non-hydrogen) atoms. The Bertz CT molecular complexity index is 595. The van der Waals surface area contributed by atoms with Crippen molar-refractivity contribution in [3.05, 3.63) is 24.3 Å². The van der Waals surface area contributed by atoms with Crippen LogP contribution in [0.5, 0.6) is 0 Å². The summed E-state index contributed by atoms with van der Waals surface area (Å²) in [6.45, 7) is 0.502. The van der Waals surface area contributed by atoms with Gasteiger partial charge in [0.25, 0.3) is 0 Å². The van der Waals surface area contributed by atoms with Gasteiger partial charge >= 0.3 is 0 Å². The van der Waals surface area contributed by atoms with Crippen molar-refractivity contribution in [2.75, 3.05) is 18.1 Å². The van der Waals surface area contributed by atoms with Crippen LogP contribution in [0.4, 0.5) is 5.69 Å². The highest BCUT2D eigenvalue weighted by Gasteiger charge is 2.32. The third kappa shape index (κ3) is 3.22. The van der Waals surface area contributed by atoms with Gasteiger partial charge in [0.15, 0.2) is 0 Å². The van der Waals surface area contributed by atoms with Gasteiger partial charge < -0.3 is 10.0 Å². The molecule has 0 saturated heterocycles. The van der Waals surface area contributed by atoms with Crippen LogP contribution in [-0.4, -0.2) is 38.8 Å². The van der Waals surface area contributed by atoms with Crippen LogP contribution >= 0.6 is 0 Å². The second kappa shape index (κ2) is 5.94. The average Bonchev–Trinajstić information content (AvgIpc) is 3.19. The van der Waals surface area contributed by atoms with E-state index in [1.165, 1.54) is 6.42 Å². The fourth-order valence-corrected chi connectivity index (χ4v) is 4.23. The van der Waals surface area contributed by atoms with Crippen molar-refractivity contribution in [2.24, 2.45) is 0 Å². The summed E-state index contributed by atoms with van der Waals surface area (Å²) in [5, 5.41) is 9.31. The molecule has 0 unspecified atom stereocenters. The fourth-order valence-electron chi connectivity index (χ4n) is 2.71. The minimum absolute atomic E-state index is 0.0287. The molecule has 6 heteroatoms. The minimum Gasteiger partial charge on any atom is -0.395 e. The normalized spacial score (nSPS) is 19.3.